The third kappa shape index (κ3) is 6.36. The molecule has 2 aromatic carbocycles. The van der Waals surface area contributed by atoms with Gasteiger partial charge in [0.2, 0.25) is 0 Å². The van der Waals surface area contributed by atoms with Crippen LogP contribution in [0, 0.1) is 0 Å². The number of ether oxygens (including phenoxy) is 1. The van der Waals surface area contributed by atoms with Gasteiger partial charge in [0.15, 0.2) is 5.96 Å². The van der Waals surface area contributed by atoms with Crippen molar-refractivity contribution < 1.29 is 4.74 Å². The van der Waals surface area contributed by atoms with Crippen LogP contribution in [0.5, 0.6) is 11.5 Å². The fourth-order valence-electron chi connectivity index (χ4n) is 2.29. The molecule has 3 rings (SSSR count). The predicted molar refractivity (Wildman–Crippen MR) is 116 cm³/mol. The van der Waals surface area contributed by atoms with Crippen LogP contribution in [0.25, 0.3) is 0 Å². The highest BCUT2D eigenvalue weighted by Gasteiger charge is 2.00. The Bertz CT molecular complexity index is 825. The molecule has 6 heteroatoms. The van der Waals surface area contributed by atoms with Gasteiger partial charge in [0.25, 0.3) is 0 Å². The lowest BCUT2D eigenvalue weighted by Gasteiger charge is -2.09. The Kier molecular flexibility index (Phi) is 7.88. The van der Waals surface area contributed by atoms with Crippen LogP contribution in [0.15, 0.2) is 84.0 Å². The second-order valence-corrected chi connectivity index (χ2v) is 5.41. The molecule has 1 aromatic heterocycles. The van der Waals surface area contributed by atoms with Crippen molar-refractivity contribution in [1.82, 2.24) is 4.98 Å². The molecular formula is C20H21IN4O. The van der Waals surface area contributed by atoms with Gasteiger partial charge in [0, 0.05) is 36.6 Å². The molecule has 0 radical (unpaired) electrons. The highest BCUT2D eigenvalue weighted by atomic mass is 127. The van der Waals surface area contributed by atoms with Gasteiger partial charge in [-0.15, -0.1) is 24.0 Å². The molecule has 0 aliphatic rings. The Morgan fingerprint density at radius 2 is 1.73 bits per heavy atom. The van der Waals surface area contributed by atoms with Crippen LogP contribution in [-0.4, -0.2) is 17.5 Å². The first-order valence-corrected chi connectivity index (χ1v) is 8.09. The van der Waals surface area contributed by atoms with Crippen LogP contribution >= 0.6 is 24.0 Å². The molecule has 0 bridgehead atoms. The van der Waals surface area contributed by atoms with Crippen LogP contribution in [0.4, 0.5) is 5.69 Å². The zero-order chi connectivity index (χ0) is 17.3. The van der Waals surface area contributed by atoms with Gasteiger partial charge >= 0.3 is 0 Å². The number of nitrogens with zero attached hydrogens (tertiary/aromatic N) is 2. The van der Waals surface area contributed by atoms with Crippen molar-refractivity contribution in [2.24, 2.45) is 10.7 Å². The number of halogens is 1. The summed E-state index contributed by atoms with van der Waals surface area (Å²) in [5, 5.41) is 3.08. The first-order valence-electron chi connectivity index (χ1n) is 8.09. The van der Waals surface area contributed by atoms with Crippen LogP contribution in [0.3, 0.4) is 0 Å². The highest BCUT2D eigenvalue weighted by molar-refractivity contribution is 14.0. The number of para-hydroxylation sites is 1. The minimum Gasteiger partial charge on any atom is -0.457 e. The Morgan fingerprint density at radius 3 is 2.50 bits per heavy atom. The van der Waals surface area contributed by atoms with Gasteiger partial charge in [-0.05, 0) is 36.4 Å². The van der Waals surface area contributed by atoms with E-state index < -0.39 is 0 Å². The van der Waals surface area contributed by atoms with Crippen molar-refractivity contribution in [2.45, 2.75) is 6.42 Å². The summed E-state index contributed by atoms with van der Waals surface area (Å²) in [6.07, 6.45) is 2.53. The average Bonchev–Trinajstić information content (AvgIpc) is 2.64. The van der Waals surface area contributed by atoms with E-state index in [0.29, 0.717) is 12.5 Å². The molecule has 0 saturated heterocycles. The van der Waals surface area contributed by atoms with E-state index in [4.69, 9.17) is 10.5 Å². The van der Waals surface area contributed by atoms with Crippen molar-refractivity contribution in [2.75, 3.05) is 11.9 Å². The van der Waals surface area contributed by atoms with Gasteiger partial charge in [0.05, 0.1) is 0 Å². The number of pyridine rings is 1. The number of nitrogens with one attached hydrogen (secondary N) is 1. The van der Waals surface area contributed by atoms with Crippen molar-refractivity contribution in [3.63, 3.8) is 0 Å². The molecule has 0 saturated carbocycles. The van der Waals surface area contributed by atoms with Crippen molar-refractivity contribution in [1.29, 1.82) is 0 Å². The molecule has 3 aromatic rings. The highest BCUT2D eigenvalue weighted by Crippen LogP contribution is 2.23. The quantitative estimate of drug-likeness (QED) is 0.324. The fraction of sp³-hybridized carbons (Fsp3) is 0.100. The number of hydrogen-bond donors (Lipinski definition) is 2. The lowest BCUT2D eigenvalue weighted by Crippen LogP contribution is -2.23. The second kappa shape index (κ2) is 10.4. The summed E-state index contributed by atoms with van der Waals surface area (Å²) in [5.41, 5.74) is 7.77. The fourth-order valence-corrected chi connectivity index (χ4v) is 2.29. The third-order valence-electron chi connectivity index (χ3n) is 3.46. The summed E-state index contributed by atoms with van der Waals surface area (Å²) in [6, 6.07) is 23.1. The number of guanidine groups is 1. The first kappa shape index (κ1) is 19.7. The minimum absolute atomic E-state index is 0. The zero-order valence-corrected chi connectivity index (χ0v) is 16.5. The maximum absolute atomic E-state index is 5.95. The smallest absolute Gasteiger partial charge is 0.193 e. The van der Waals surface area contributed by atoms with E-state index in [9.17, 15) is 0 Å². The van der Waals surface area contributed by atoms with Crippen molar-refractivity contribution >= 4 is 35.6 Å². The number of anilines is 1. The molecular weight excluding hydrogens is 439 g/mol. The Labute approximate surface area is 170 Å². The summed E-state index contributed by atoms with van der Waals surface area (Å²) >= 11 is 0. The lowest BCUT2D eigenvalue weighted by atomic mass is 10.3. The number of hydrogen-bond acceptors (Lipinski definition) is 3. The molecule has 0 atom stereocenters. The molecule has 134 valence electrons. The molecule has 0 spiro atoms. The van der Waals surface area contributed by atoms with Crippen LogP contribution in [-0.2, 0) is 6.42 Å². The van der Waals surface area contributed by atoms with E-state index in [-0.39, 0.29) is 24.0 Å². The van der Waals surface area contributed by atoms with E-state index in [0.717, 1.165) is 29.3 Å². The maximum Gasteiger partial charge on any atom is 0.193 e. The van der Waals surface area contributed by atoms with Gasteiger partial charge < -0.3 is 15.8 Å². The zero-order valence-electron chi connectivity index (χ0n) is 14.2. The van der Waals surface area contributed by atoms with E-state index in [1.165, 1.54) is 0 Å². The molecule has 0 aliphatic carbocycles. The van der Waals surface area contributed by atoms with Gasteiger partial charge in [-0.2, -0.15) is 0 Å². The van der Waals surface area contributed by atoms with Gasteiger partial charge in [0.1, 0.15) is 11.5 Å². The summed E-state index contributed by atoms with van der Waals surface area (Å²) in [4.78, 5) is 8.59. The van der Waals surface area contributed by atoms with Gasteiger partial charge in [-0.3, -0.25) is 9.98 Å². The molecule has 5 nitrogen and oxygen atoms in total. The number of rotatable bonds is 6. The molecule has 26 heavy (non-hydrogen) atoms. The minimum atomic E-state index is 0. The summed E-state index contributed by atoms with van der Waals surface area (Å²) in [5.74, 6) is 1.89. The molecule has 0 fully saturated rings. The summed E-state index contributed by atoms with van der Waals surface area (Å²) in [7, 11) is 0. The van der Waals surface area contributed by atoms with Crippen molar-refractivity contribution in [3.05, 3.63) is 84.7 Å². The van der Waals surface area contributed by atoms with Crippen molar-refractivity contribution in [3.8, 4) is 11.5 Å². The lowest BCUT2D eigenvalue weighted by molar-refractivity contribution is 0.483. The number of benzene rings is 2. The second-order valence-electron chi connectivity index (χ2n) is 5.41. The number of aromatic nitrogens is 1. The number of nitrogens with two attached hydrogens (primary N) is 1. The summed E-state index contributed by atoms with van der Waals surface area (Å²) in [6.45, 7) is 0.579. The topological polar surface area (TPSA) is 72.5 Å². The standard InChI is InChI=1S/C20H20N4O.HI/c21-20(23-14-12-16-7-4-5-13-22-16)24-17-8-6-11-19(15-17)25-18-9-2-1-3-10-18;/h1-11,13,15H,12,14H2,(H3,21,23,24);1H. The molecule has 3 N–H and O–H groups in total. The Hall–Kier alpha value is -2.61. The van der Waals surface area contributed by atoms with E-state index in [1.807, 2.05) is 72.8 Å². The monoisotopic (exact) mass is 460 g/mol. The molecule has 0 amide bonds. The van der Waals surface area contributed by atoms with Crippen LogP contribution in [0.1, 0.15) is 5.69 Å². The Balaban J connectivity index is 0.00000243. The summed E-state index contributed by atoms with van der Waals surface area (Å²) < 4.78 is 5.81. The third-order valence-corrected chi connectivity index (χ3v) is 3.46. The van der Waals surface area contributed by atoms with E-state index in [2.05, 4.69) is 15.3 Å². The van der Waals surface area contributed by atoms with Crippen LogP contribution in [0.2, 0.25) is 0 Å². The number of aliphatic imine (C=N–C) groups is 1. The first-order chi connectivity index (χ1) is 12.3. The SMILES string of the molecule is I.NC(=NCCc1ccccn1)Nc1cccc(Oc2ccccc2)c1. The van der Waals surface area contributed by atoms with Gasteiger partial charge in [-0.1, -0.05) is 30.3 Å². The van der Waals surface area contributed by atoms with Gasteiger partial charge in [-0.25, -0.2) is 0 Å². The molecule has 1 heterocycles. The largest absolute Gasteiger partial charge is 0.457 e. The normalized spacial score (nSPS) is 10.7. The van der Waals surface area contributed by atoms with Crippen LogP contribution < -0.4 is 15.8 Å². The average molecular weight is 460 g/mol. The van der Waals surface area contributed by atoms with E-state index in [1.54, 1.807) is 6.20 Å². The predicted octanol–water partition coefficient (Wildman–Crippen LogP) is 4.46. The van der Waals surface area contributed by atoms with E-state index >= 15 is 0 Å². The molecule has 0 unspecified atom stereocenters. The maximum atomic E-state index is 5.95. The Morgan fingerprint density at radius 1 is 0.962 bits per heavy atom. The molecule has 0 aliphatic heterocycles.